The highest BCUT2D eigenvalue weighted by atomic mass is 16.5. The predicted molar refractivity (Wildman–Crippen MR) is 93.8 cm³/mol. The van der Waals surface area contributed by atoms with Crippen molar-refractivity contribution >= 4 is 16.7 Å². The minimum absolute atomic E-state index is 0.0771. The summed E-state index contributed by atoms with van der Waals surface area (Å²) >= 11 is 0. The van der Waals surface area contributed by atoms with Crippen molar-refractivity contribution in [1.29, 1.82) is 0 Å². The lowest BCUT2D eigenvalue weighted by Crippen LogP contribution is -2.48. The molecule has 0 atom stereocenters. The highest BCUT2D eigenvalue weighted by Gasteiger charge is 2.23. The van der Waals surface area contributed by atoms with Gasteiger partial charge in [-0.25, -0.2) is 0 Å². The number of carbonyl (C=O) groups is 1. The third-order valence-electron chi connectivity index (χ3n) is 4.64. The summed E-state index contributed by atoms with van der Waals surface area (Å²) in [5.41, 5.74) is 0.322. The average Bonchev–Trinajstić information content (AvgIpc) is 2.61. The molecule has 128 valence electrons. The minimum atomic E-state index is -0.130. The molecule has 1 aliphatic heterocycles. The van der Waals surface area contributed by atoms with E-state index in [1.165, 1.54) is 0 Å². The van der Waals surface area contributed by atoms with Crippen LogP contribution in [0.1, 0.15) is 17.4 Å². The number of nitrogens with zero attached hydrogens (tertiary/aromatic N) is 3. The largest absolute Gasteiger partial charge is 0.497 e. The molecule has 2 aromatic rings. The molecule has 0 saturated carbocycles. The number of piperazine rings is 1. The van der Waals surface area contributed by atoms with E-state index in [1.54, 1.807) is 29.9 Å². The van der Waals surface area contributed by atoms with E-state index in [4.69, 9.17) is 4.74 Å². The van der Waals surface area contributed by atoms with E-state index < -0.39 is 0 Å². The molecule has 6 nitrogen and oxygen atoms in total. The van der Waals surface area contributed by atoms with Crippen molar-refractivity contribution in [3.63, 3.8) is 0 Å². The van der Waals surface area contributed by atoms with Crippen LogP contribution in [-0.2, 0) is 6.54 Å². The lowest BCUT2D eigenvalue weighted by Gasteiger charge is -2.32. The third-order valence-corrected chi connectivity index (χ3v) is 4.64. The summed E-state index contributed by atoms with van der Waals surface area (Å²) in [6.07, 6.45) is 0. The van der Waals surface area contributed by atoms with Crippen LogP contribution in [0.25, 0.3) is 10.8 Å². The van der Waals surface area contributed by atoms with E-state index in [0.717, 1.165) is 18.5 Å². The molecule has 0 aliphatic carbocycles. The normalized spacial score (nSPS) is 15.7. The topological polar surface area (TPSA) is 54.8 Å². The summed E-state index contributed by atoms with van der Waals surface area (Å²) in [6, 6.07) is 7.14. The predicted octanol–water partition coefficient (Wildman–Crippen LogP) is 1.42. The average molecular weight is 329 g/mol. The molecular weight excluding hydrogens is 306 g/mol. The fourth-order valence-corrected chi connectivity index (χ4v) is 3.12. The fraction of sp³-hybridized carbons (Fsp3) is 0.444. The molecule has 3 rings (SSSR count). The van der Waals surface area contributed by atoms with Gasteiger partial charge in [0.2, 0.25) is 0 Å². The van der Waals surface area contributed by atoms with Gasteiger partial charge < -0.3 is 19.1 Å². The van der Waals surface area contributed by atoms with Gasteiger partial charge in [0, 0.05) is 38.1 Å². The van der Waals surface area contributed by atoms with E-state index in [9.17, 15) is 9.59 Å². The fourth-order valence-electron chi connectivity index (χ4n) is 3.12. The molecule has 0 radical (unpaired) electrons. The van der Waals surface area contributed by atoms with Crippen molar-refractivity contribution in [3.05, 3.63) is 40.3 Å². The summed E-state index contributed by atoms with van der Waals surface area (Å²) in [7, 11) is 3.64. The van der Waals surface area contributed by atoms with E-state index in [1.807, 2.05) is 24.9 Å². The summed E-state index contributed by atoms with van der Waals surface area (Å²) in [4.78, 5) is 29.7. The maximum atomic E-state index is 13.0. The second-order valence-electron chi connectivity index (χ2n) is 6.13. The lowest BCUT2D eigenvalue weighted by molar-refractivity contribution is 0.0652. The number of benzene rings is 1. The van der Waals surface area contributed by atoms with Crippen molar-refractivity contribution in [3.8, 4) is 5.75 Å². The monoisotopic (exact) mass is 329 g/mol. The first-order valence-electron chi connectivity index (χ1n) is 8.24. The van der Waals surface area contributed by atoms with Gasteiger partial charge in [-0.15, -0.1) is 0 Å². The summed E-state index contributed by atoms with van der Waals surface area (Å²) in [5.74, 6) is 0.598. The van der Waals surface area contributed by atoms with Gasteiger partial charge in [-0.2, -0.15) is 0 Å². The number of methoxy groups -OCH3 is 1. The number of likely N-dealkylation sites (N-methyl/N-ethyl adjacent to an activating group) is 1. The zero-order valence-corrected chi connectivity index (χ0v) is 14.4. The molecule has 2 heterocycles. The van der Waals surface area contributed by atoms with Crippen molar-refractivity contribution in [2.24, 2.45) is 0 Å². The van der Waals surface area contributed by atoms with Gasteiger partial charge in [0.15, 0.2) is 0 Å². The quantitative estimate of drug-likeness (QED) is 0.855. The smallest absolute Gasteiger partial charge is 0.270 e. The number of amides is 1. The molecule has 1 aromatic carbocycles. The molecule has 0 spiro atoms. The van der Waals surface area contributed by atoms with Gasteiger partial charge in [-0.1, -0.05) is 0 Å². The first-order valence-corrected chi connectivity index (χ1v) is 8.24. The molecule has 0 N–H and O–H groups in total. The van der Waals surface area contributed by atoms with Gasteiger partial charge in [-0.3, -0.25) is 9.59 Å². The number of rotatable bonds is 3. The summed E-state index contributed by atoms with van der Waals surface area (Å²) < 4.78 is 6.80. The number of aromatic nitrogens is 1. The second-order valence-corrected chi connectivity index (χ2v) is 6.13. The van der Waals surface area contributed by atoms with Crippen LogP contribution < -0.4 is 10.3 Å². The lowest BCUT2D eigenvalue weighted by atomic mass is 10.1. The van der Waals surface area contributed by atoms with Gasteiger partial charge in [0.1, 0.15) is 11.4 Å². The molecule has 1 fully saturated rings. The zero-order chi connectivity index (χ0) is 17.3. The Morgan fingerprint density at radius 3 is 2.50 bits per heavy atom. The number of pyridine rings is 1. The van der Waals surface area contributed by atoms with Crippen LogP contribution in [-0.4, -0.2) is 60.6 Å². The highest BCUT2D eigenvalue weighted by Crippen LogP contribution is 2.20. The Morgan fingerprint density at radius 2 is 1.88 bits per heavy atom. The molecule has 6 heteroatoms. The Bertz CT molecular complexity index is 820. The number of hydrogen-bond acceptors (Lipinski definition) is 4. The molecular formula is C18H23N3O3. The van der Waals surface area contributed by atoms with Crippen LogP contribution in [0, 0.1) is 0 Å². The Hall–Kier alpha value is -2.34. The summed E-state index contributed by atoms with van der Waals surface area (Å²) in [6.45, 7) is 5.42. The Morgan fingerprint density at radius 1 is 1.17 bits per heavy atom. The Balaban J connectivity index is 2.08. The second kappa shape index (κ2) is 6.65. The molecule has 1 saturated heterocycles. The third kappa shape index (κ3) is 2.89. The van der Waals surface area contributed by atoms with Crippen molar-refractivity contribution in [1.82, 2.24) is 14.4 Å². The number of fused-ring (bicyclic) bond motifs is 1. The van der Waals surface area contributed by atoms with Crippen LogP contribution in [0.3, 0.4) is 0 Å². The Kier molecular flexibility index (Phi) is 4.57. The maximum Gasteiger partial charge on any atom is 0.270 e. The standard InChI is InChI=1S/C18H23N3O3/c1-4-21-16(18(23)20-9-7-19(2)8-10-20)12-13-11-14(24-3)5-6-15(13)17(21)22/h5-6,11-12H,4,7-10H2,1-3H3. The maximum absolute atomic E-state index is 13.0. The molecule has 1 amide bonds. The van der Waals surface area contributed by atoms with E-state index >= 15 is 0 Å². The SMILES string of the molecule is CCn1c(C(=O)N2CCN(C)CC2)cc2cc(OC)ccc2c1=O. The van der Waals surface area contributed by atoms with Crippen LogP contribution >= 0.6 is 0 Å². The minimum Gasteiger partial charge on any atom is -0.497 e. The van der Waals surface area contributed by atoms with Gasteiger partial charge >= 0.3 is 0 Å². The first-order chi connectivity index (χ1) is 11.5. The highest BCUT2D eigenvalue weighted by molar-refractivity contribution is 5.97. The molecule has 1 aromatic heterocycles. The number of carbonyl (C=O) groups excluding carboxylic acids is 1. The van der Waals surface area contributed by atoms with Crippen LogP contribution in [0.5, 0.6) is 5.75 Å². The number of ether oxygens (including phenoxy) is 1. The van der Waals surface area contributed by atoms with Gasteiger partial charge in [-0.05, 0) is 43.6 Å². The summed E-state index contributed by atoms with van der Waals surface area (Å²) in [5, 5.41) is 1.34. The van der Waals surface area contributed by atoms with Crippen LogP contribution in [0.15, 0.2) is 29.1 Å². The van der Waals surface area contributed by atoms with Crippen molar-refractivity contribution in [2.45, 2.75) is 13.5 Å². The van der Waals surface area contributed by atoms with E-state index in [0.29, 0.717) is 36.5 Å². The van der Waals surface area contributed by atoms with Gasteiger partial charge in [0.25, 0.3) is 11.5 Å². The van der Waals surface area contributed by atoms with Crippen molar-refractivity contribution in [2.75, 3.05) is 40.3 Å². The van der Waals surface area contributed by atoms with Crippen molar-refractivity contribution < 1.29 is 9.53 Å². The molecule has 1 aliphatic rings. The van der Waals surface area contributed by atoms with Gasteiger partial charge in [0.05, 0.1) is 7.11 Å². The molecule has 0 bridgehead atoms. The number of hydrogen-bond donors (Lipinski definition) is 0. The van der Waals surface area contributed by atoms with E-state index in [-0.39, 0.29) is 11.5 Å². The zero-order valence-electron chi connectivity index (χ0n) is 14.4. The molecule has 24 heavy (non-hydrogen) atoms. The first kappa shape index (κ1) is 16.5. The van der Waals surface area contributed by atoms with Crippen LogP contribution in [0.2, 0.25) is 0 Å². The van der Waals surface area contributed by atoms with E-state index in [2.05, 4.69) is 4.90 Å². The Labute approximate surface area is 141 Å². The molecule has 0 unspecified atom stereocenters. The van der Waals surface area contributed by atoms with Crippen LogP contribution in [0.4, 0.5) is 0 Å².